The number of imide groups is 1. The van der Waals surface area contributed by atoms with Gasteiger partial charge in [0.25, 0.3) is 23.6 Å². The van der Waals surface area contributed by atoms with E-state index in [0.29, 0.717) is 110 Å². The molecule has 10 rings (SSSR count). The molecule has 0 aromatic heterocycles. The highest BCUT2D eigenvalue weighted by Crippen LogP contribution is 2.44. The molecule has 0 bridgehead atoms. The summed E-state index contributed by atoms with van der Waals surface area (Å²) in [5.41, 5.74) is 8.60. The summed E-state index contributed by atoms with van der Waals surface area (Å²) in [6.45, 7) is 8.12. The smallest absolute Gasteiger partial charge is 0.351 e. The van der Waals surface area contributed by atoms with Gasteiger partial charge in [0, 0.05) is 92.1 Å². The number of rotatable bonds is 28. The van der Waals surface area contributed by atoms with Crippen molar-refractivity contribution >= 4 is 89.5 Å². The Hall–Kier alpha value is -7.22. The first-order valence-corrected chi connectivity index (χ1v) is 32.8. The molecule has 3 atom stereocenters. The predicted octanol–water partition coefficient (Wildman–Crippen LogP) is 7.91. The molecular weight excluding hydrogens is 1160 g/mol. The van der Waals surface area contributed by atoms with Gasteiger partial charge in [0.2, 0.25) is 0 Å². The molecule has 1 saturated heterocycles. The zero-order valence-electron chi connectivity index (χ0n) is 49.1. The second kappa shape index (κ2) is 27.2. The van der Waals surface area contributed by atoms with Crippen molar-refractivity contribution in [3.63, 3.8) is 0 Å². The van der Waals surface area contributed by atoms with Crippen molar-refractivity contribution in [2.75, 3.05) is 118 Å². The van der Waals surface area contributed by atoms with E-state index in [4.69, 9.17) is 38.0 Å². The normalized spacial score (nSPS) is 17.3. The Morgan fingerprint density at radius 3 is 1.71 bits per heavy atom. The van der Waals surface area contributed by atoms with Gasteiger partial charge < -0.3 is 63.3 Å². The Balaban J connectivity index is 0.921. The van der Waals surface area contributed by atoms with Crippen LogP contribution in [0.4, 0.5) is 28.4 Å². The number of hydroxylamine groups is 2. The van der Waals surface area contributed by atoms with Gasteiger partial charge in [-0.1, -0.05) is 58.0 Å². The summed E-state index contributed by atoms with van der Waals surface area (Å²) < 4.78 is 67.4. The van der Waals surface area contributed by atoms with E-state index in [1.54, 1.807) is 33.5 Å². The standard InChI is InChI=1S/C62H72N6O15S3/c1-62(2,85-84-24-17-56(86(6,74)75)61(73)83-68-57(69)15-16-58(68)70)38-65(18-19-79-22-23-80-21-20-76-3)43-26-39(36-81-54-32-48-46(30-52(54)77-4)59(71)66-44(34-63-48)28-41-11-7-9-13-50(41)66)25-40(27-43)37-82-55-33-49-47(31-53(55)78-5)60(72)67-45(35-64-49)29-42-12-8-10-14-51(42)67/h7-14,25-27,30-33,44-45,56,63-64H,15-24,28-29,34-38H2,1-6H3/t44-,45+,56?. The van der Waals surface area contributed by atoms with Gasteiger partial charge in [0.05, 0.1) is 81.8 Å². The summed E-state index contributed by atoms with van der Waals surface area (Å²) in [4.78, 5) is 77.2. The largest absolute Gasteiger partial charge is 0.493 e. The van der Waals surface area contributed by atoms with Gasteiger partial charge in [-0.25, -0.2) is 13.2 Å². The first-order valence-electron chi connectivity index (χ1n) is 28.5. The molecule has 0 aliphatic carbocycles. The number of sulfone groups is 1. The van der Waals surface area contributed by atoms with Crippen molar-refractivity contribution in [3.05, 3.63) is 124 Å². The number of benzene rings is 5. The molecule has 5 aromatic carbocycles. The SMILES string of the molecule is COCCOCCOCCN(CC(C)(C)SSCCC(C(=O)ON1C(=O)CCC1=O)S(C)(=O)=O)c1cc(COc2cc3c(cc2OC)C(=O)N2c4ccccc4C[C@H]2CN3)cc(COc2cc3c(cc2OC)C(=O)N2c4ccccc4C[C@@H]2CN3)c1. The zero-order valence-corrected chi connectivity index (χ0v) is 51.5. The molecule has 1 fully saturated rings. The Labute approximate surface area is 508 Å². The molecule has 5 aliphatic rings. The summed E-state index contributed by atoms with van der Waals surface area (Å²) >= 11 is 0. The van der Waals surface area contributed by atoms with Crippen molar-refractivity contribution in [2.24, 2.45) is 0 Å². The predicted molar refractivity (Wildman–Crippen MR) is 330 cm³/mol. The maximum Gasteiger partial charge on any atom is 0.351 e. The number of carbonyl (C=O) groups is 5. The number of anilines is 5. The molecule has 0 spiro atoms. The number of amides is 4. The summed E-state index contributed by atoms with van der Waals surface area (Å²) in [6, 6.07) is 29.0. The lowest BCUT2D eigenvalue weighted by Crippen LogP contribution is -2.40. The van der Waals surface area contributed by atoms with Gasteiger partial charge in [-0.2, -0.15) is 0 Å². The second-order valence-corrected chi connectivity index (χ2v) is 27.5. The molecule has 5 heterocycles. The lowest BCUT2D eigenvalue weighted by Gasteiger charge is -2.34. The van der Waals surface area contributed by atoms with Gasteiger partial charge >= 0.3 is 5.97 Å². The molecule has 458 valence electrons. The molecule has 0 radical (unpaired) electrons. The minimum Gasteiger partial charge on any atom is -0.493 e. The van der Waals surface area contributed by atoms with Crippen LogP contribution in [0.1, 0.15) is 76.1 Å². The van der Waals surface area contributed by atoms with Gasteiger partial charge in [-0.15, -0.1) is 5.06 Å². The Morgan fingerprint density at radius 2 is 1.20 bits per heavy atom. The second-order valence-electron chi connectivity index (χ2n) is 22.2. The monoisotopic (exact) mass is 1240 g/mol. The van der Waals surface area contributed by atoms with Crippen LogP contribution in [0.5, 0.6) is 23.0 Å². The number of ether oxygens (including phenoxy) is 7. The van der Waals surface area contributed by atoms with E-state index in [1.165, 1.54) is 21.6 Å². The Bertz CT molecular complexity index is 3310. The van der Waals surface area contributed by atoms with Gasteiger partial charge in [0.1, 0.15) is 13.2 Å². The van der Waals surface area contributed by atoms with E-state index in [9.17, 15) is 32.4 Å². The fourth-order valence-electron chi connectivity index (χ4n) is 11.3. The number of nitrogens with one attached hydrogen (secondary N) is 2. The van der Waals surface area contributed by atoms with E-state index in [-0.39, 0.29) is 62.1 Å². The molecule has 21 nitrogen and oxygen atoms in total. The number of carbonyl (C=O) groups excluding carboxylic acids is 5. The van der Waals surface area contributed by atoms with Gasteiger partial charge in [-0.3, -0.25) is 19.2 Å². The van der Waals surface area contributed by atoms with Crippen LogP contribution in [-0.2, 0) is 69.3 Å². The third-order valence-corrected chi connectivity index (χ3v) is 20.3. The van der Waals surface area contributed by atoms with Crippen LogP contribution >= 0.6 is 21.6 Å². The van der Waals surface area contributed by atoms with Gasteiger partial charge in [-0.05, 0) is 97.8 Å². The van der Waals surface area contributed by atoms with Crippen molar-refractivity contribution in [1.29, 1.82) is 0 Å². The highest BCUT2D eigenvalue weighted by Gasteiger charge is 2.41. The van der Waals surface area contributed by atoms with E-state index in [2.05, 4.69) is 41.5 Å². The van der Waals surface area contributed by atoms with Crippen LogP contribution in [0, 0.1) is 0 Å². The average molecular weight is 1240 g/mol. The van der Waals surface area contributed by atoms with Crippen LogP contribution < -0.4 is 44.3 Å². The average Bonchev–Trinajstić information content (AvgIpc) is 1.77. The molecular formula is C62H72N6O15S3. The summed E-state index contributed by atoms with van der Waals surface area (Å²) in [5.74, 6) is -1.00. The summed E-state index contributed by atoms with van der Waals surface area (Å²) in [6.07, 6.45) is 2.02. The first-order chi connectivity index (χ1) is 41.4. The Kier molecular flexibility index (Phi) is 19.6. The lowest BCUT2D eigenvalue weighted by molar-refractivity contribution is -0.197. The molecule has 1 unspecified atom stereocenters. The van der Waals surface area contributed by atoms with Crippen molar-refractivity contribution < 1.29 is 70.4 Å². The molecule has 5 aromatic rings. The minimum atomic E-state index is -3.99. The zero-order chi connectivity index (χ0) is 60.7. The fraction of sp³-hybridized carbons (Fsp3) is 0.435. The topological polar surface area (TPSA) is 230 Å². The number of hydrogen-bond acceptors (Lipinski definition) is 20. The summed E-state index contributed by atoms with van der Waals surface area (Å²) in [5, 5.41) is 5.81. The van der Waals surface area contributed by atoms with Gasteiger partial charge in [0.15, 0.2) is 38.1 Å². The maximum atomic E-state index is 14.3. The molecule has 5 aliphatic heterocycles. The lowest BCUT2D eigenvalue weighted by atomic mass is 10.1. The number of nitrogens with zero attached hydrogens (tertiary/aromatic N) is 4. The fourth-order valence-corrected chi connectivity index (χ4v) is 15.0. The van der Waals surface area contributed by atoms with Crippen LogP contribution in [0.3, 0.4) is 0 Å². The number of para-hydroxylation sites is 2. The maximum absolute atomic E-state index is 14.3. The third-order valence-electron chi connectivity index (χ3n) is 15.5. The number of fused-ring (bicyclic) bond motifs is 8. The van der Waals surface area contributed by atoms with E-state index in [0.717, 1.165) is 58.4 Å². The minimum absolute atomic E-state index is 0.0680. The van der Waals surface area contributed by atoms with E-state index >= 15 is 0 Å². The molecule has 24 heteroatoms. The quantitative estimate of drug-likeness (QED) is 0.0275. The highest BCUT2D eigenvalue weighted by atomic mass is 33.1. The summed E-state index contributed by atoms with van der Waals surface area (Å²) in [7, 11) is 3.60. The molecule has 2 N–H and O–H groups in total. The third kappa shape index (κ3) is 14.1. The van der Waals surface area contributed by atoms with Crippen LogP contribution in [0.25, 0.3) is 0 Å². The van der Waals surface area contributed by atoms with Crippen LogP contribution in [0.2, 0.25) is 0 Å². The van der Waals surface area contributed by atoms with E-state index in [1.807, 2.05) is 76.5 Å². The number of hydrogen-bond donors (Lipinski definition) is 2. The molecule has 86 heavy (non-hydrogen) atoms. The molecule has 0 saturated carbocycles. The van der Waals surface area contributed by atoms with Crippen molar-refractivity contribution in [2.45, 2.75) is 81.2 Å². The van der Waals surface area contributed by atoms with Crippen molar-refractivity contribution in [1.82, 2.24) is 5.06 Å². The Morgan fingerprint density at radius 1 is 0.686 bits per heavy atom. The first kappa shape index (κ1) is 61.9. The molecule has 4 amide bonds. The highest BCUT2D eigenvalue weighted by molar-refractivity contribution is 8.77. The van der Waals surface area contributed by atoms with E-state index < -0.39 is 37.6 Å². The number of methoxy groups -OCH3 is 3. The van der Waals surface area contributed by atoms with Crippen molar-refractivity contribution in [3.8, 4) is 23.0 Å². The van der Waals surface area contributed by atoms with Crippen LogP contribution in [-0.4, -0.2) is 158 Å². The van der Waals surface area contributed by atoms with Crippen LogP contribution in [0.15, 0.2) is 91.0 Å².